The molecule has 0 radical (unpaired) electrons. The van der Waals surface area contributed by atoms with Crippen molar-refractivity contribution in [3.63, 3.8) is 0 Å². The van der Waals surface area contributed by atoms with Gasteiger partial charge in [0.15, 0.2) is 3.79 Å². The second kappa shape index (κ2) is 7.70. The van der Waals surface area contributed by atoms with Crippen LogP contribution in [0, 0.1) is 5.92 Å². The van der Waals surface area contributed by atoms with E-state index in [9.17, 15) is 9.59 Å². The second-order valence-corrected chi connectivity index (χ2v) is 7.98. The third-order valence-corrected chi connectivity index (χ3v) is 3.76. The summed E-state index contributed by atoms with van der Waals surface area (Å²) in [6.07, 6.45) is 2.89. The maximum absolute atomic E-state index is 12.3. The summed E-state index contributed by atoms with van der Waals surface area (Å²) in [5, 5.41) is 0. The molecule has 2 amide bonds. The zero-order chi connectivity index (χ0) is 16.2. The van der Waals surface area contributed by atoms with E-state index in [4.69, 9.17) is 39.5 Å². The third kappa shape index (κ3) is 5.68. The highest BCUT2D eigenvalue weighted by molar-refractivity contribution is 6.67. The fourth-order valence-corrected chi connectivity index (χ4v) is 2.69. The first-order chi connectivity index (χ1) is 9.65. The Labute approximate surface area is 140 Å². The number of halogens is 3. The maximum atomic E-state index is 12.3. The lowest BCUT2D eigenvalue weighted by Crippen LogP contribution is -2.41. The Morgan fingerprint density at radius 1 is 1.43 bits per heavy atom. The number of ether oxygens (including phenoxy) is 1. The average molecular weight is 357 g/mol. The highest BCUT2D eigenvalue weighted by Gasteiger charge is 2.38. The molecule has 0 fully saturated rings. The number of nitrogens with zero attached hydrogens (tertiary/aromatic N) is 1. The Bertz CT molecular complexity index is 430. The molecule has 0 N–H and O–H groups in total. The minimum atomic E-state index is -1.37. The molecule has 0 aromatic rings. The molecule has 0 aromatic heterocycles. The van der Waals surface area contributed by atoms with Crippen LogP contribution in [-0.4, -0.2) is 33.7 Å². The number of rotatable bonds is 6. The van der Waals surface area contributed by atoms with Crippen molar-refractivity contribution in [3.8, 4) is 0 Å². The van der Waals surface area contributed by atoms with Crippen molar-refractivity contribution >= 4 is 46.6 Å². The lowest BCUT2D eigenvalue weighted by Gasteiger charge is -2.26. The molecule has 0 aliphatic carbocycles. The first-order valence-corrected chi connectivity index (χ1v) is 7.97. The van der Waals surface area contributed by atoms with Gasteiger partial charge in [-0.2, -0.15) is 0 Å². The Morgan fingerprint density at radius 3 is 2.52 bits per heavy atom. The van der Waals surface area contributed by atoms with Crippen LogP contribution in [0.2, 0.25) is 0 Å². The largest absolute Gasteiger partial charge is 0.499 e. The summed E-state index contributed by atoms with van der Waals surface area (Å²) >= 11 is 17.0. The van der Waals surface area contributed by atoms with E-state index in [1.54, 1.807) is 0 Å². The van der Waals surface area contributed by atoms with E-state index in [1.165, 1.54) is 18.1 Å². The smallest absolute Gasteiger partial charge is 0.257 e. The van der Waals surface area contributed by atoms with Crippen molar-refractivity contribution < 1.29 is 14.3 Å². The minimum absolute atomic E-state index is 0.166. The fourth-order valence-electron chi connectivity index (χ4n) is 2.29. The molecule has 1 aliphatic heterocycles. The molecule has 1 rings (SSSR count). The molecular formula is C14H20Cl3NO3. The number of imide groups is 1. The molecule has 0 saturated carbocycles. The standard InChI is InChI=1S/C14H20Cl3NO3/c1-9(2)7-10-11(21-3)8-13(20)18(10)12(19)5-4-6-14(15,16)17/h8-10H,4-7H2,1-3H3. The Kier molecular flexibility index (Phi) is 6.82. The lowest BCUT2D eigenvalue weighted by atomic mass is 10.0. The van der Waals surface area contributed by atoms with Gasteiger partial charge in [-0.15, -0.1) is 0 Å². The Balaban J connectivity index is 2.70. The van der Waals surface area contributed by atoms with Gasteiger partial charge < -0.3 is 4.74 Å². The molecule has 4 nitrogen and oxygen atoms in total. The number of alkyl halides is 3. The zero-order valence-electron chi connectivity index (χ0n) is 12.4. The number of hydrogen-bond acceptors (Lipinski definition) is 3. The summed E-state index contributed by atoms with van der Waals surface area (Å²) in [4.78, 5) is 25.6. The molecule has 1 heterocycles. The van der Waals surface area contributed by atoms with Crippen LogP contribution in [0.5, 0.6) is 0 Å². The molecule has 0 aromatic carbocycles. The van der Waals surface area contributed by atoms with Gasteiger partial charge in [-0.05, 0) is 25.2 Å². The van der Waals surface area contributed by atoms with Gasteiger partial charge in [0.05, 0.1) is 13.2 Å². The summed E-state index contributed by atoms with van der Waals surface area (Å²) in [6, 6.07) is -0.331. The highest BCUT2D eigenvalue weighted by atomic mass is 35.6. The predicted octanol–water partition coefficient (Wildman–Crippen LogP) is 3.84. The van der Waals surface area contributed by atoms with Gasteiger partial charge in [-0.25, -0.2) is 0 Å². The van der Waals surface area contributed by atoms with E-state index in [0.717, 1.165) is 0 Å². The predicted molar refractivity (Wildman–Crippen MR) is 84.3 cm³/mol. The minimum Gasteiger partial charge on any atom is -0.499 e. The summed E-state index contributed by atoms with van der Waals surface area (Å²) < 4.78 is 3.84. The van der Waals surface area contributed by atoms with Crippen molar-refractivity contribution in [3.05, 3.63) is 11.8 Å². The molecule has 0 saturated heterocycles. The van der Waals surface area contributed by atoms with Crippen molar-refractivity contribution in [2.75, 3.05) is 7.11 Å². The Morgan fingerprint density at radius 2 is 2.05 bits per heavy atom. The van der Waals surface area contributed by atoms with Gasteiger partial charge in [0, 0.05) is 12.5 Å². The van der Waals surface area contributed by atoms with Crippen LogP contribution < -0.4 is 0 Å². The molecule has 1 atom stereocenters. The van der Waals surface area contributed by atoms with Crippen LogP contribution in [0.3, 0.4) is 0 Å². The number of methoxy groups -OCH3 is 1. The maximum Gasteiger partial charge on any atom is 0.257 e. The normalized spacial score (nSPS) is 19.2. The van der Waals surface area contributed by atoms with Gasteiger partial charge in [0.2, 0.25) is 5.91 Å². The molecular weight excluding hydrogens is 337 g/mol. The van der Waals surface area contributed by atoms with Crippen LogP contribution in [0.4, 0.5) is 0 Å². The van der Waals surface area contributed by atoms with Crippen LogP contribution in [-0.2, 0) is 14.3 Å². The van der Waals surface area contributed by atoms with Gasteiger partial charge in [0.1, 0.15) is 5.76 Å². The molecule has 7 heteroatoms. The first-order valence-electron chi connectivity index (χ1n) is 6.84. The van der Waals surface area contributed by atoms with Crippen LogP contribution in [0.15, 0.2) is 11.8 Å². The molecule has 120 valence electrons. The van der Waals surface area contributed by atoms with Gasteiger partial charge in [-0.1, -0.05) is 48.7 Å². The topological polar surface area (TPSA) is 46.6 Å². The van der Waals surface area contributed by atoms with Crippen molar-refractivity contribution in [1.82, 2.24) is 4.90 Å². The zero-order valence-corrected chi connectivity index (χ0v) is 14.6. The monoisotopic (exact) mass is 355 g/mol. The Hall–Kier alpha value is -0.450. The number of carbonyl (C=O) groups excluding carboxylic acids is 2. The number of hydrogen-bond donors (Lipinski definition) is 0. The van der Waals surface area contributed by atoms with Crippen LogP contribution >= 0.6 is 34.8 Å². The third-order valence-electron chi connectivity index (χ3n) is 3.19. The van der Waals surface area contributed by atoms with Crippen molar-refractivity contribution in [1.29, 1.82) is 0 Å². The van der Waals surface area contributed by atoms with Gasteiger partial charge >= 0.3 is 0 Å². The molecule has 0 spiro atoms. The van der Waals surface area contributed by atoms with E-state index in [1.807, 2.05) is 13.8 Å². The van der Waals surface area contributed by atoms with Crippen molar-refractivity contribution in [2.24, 2.45) is 5.92 Å². The second-order valence-electron chi connectivity index (χ2n) is 5.47. The van der Waals surface area contributed by atoms with Gasteiger partial charge in [-0.3, -0.25) is 14.5 Å². The van der Waals surface area contributed by atoms with E-state index in [2.05, 4.69) is 0 Å². The number of carbonyl (C=O) groups is 2. The lowest BCUT2D eigenvalue weighted by molar-refractivity contribution is -0.143. The molecule has 21 heavy (non-hydrogen) atoms. The summed E-state index contributed by atoms with van der Waals surface area (Å²) in [5.74, 6) is 0.263. The fraction of sp³-hybridized carbons (Fsp3) is 0.714. The molecule has 1 unspecified atom stereocenters. The van der Waals surface area contributed by atoms with E-state index >= 15 is 0 Å². The van der Waals surface area contributed by atoms with Gasteiger partial charge in [0.25, 0.3) is 5.91 Å². The van der Waals surface area contributed by atoms with Crippen molar-refractivity contribution in [2.45, 2.75) is 49.4 Å². The summed E-state index contributed by atoms with van der Waals surface area (Å²) in [5.41, 5.74) is 0. The first kappa shape index (κ1) is 18.6. The van der Waals surface area contributed by atoms with E-state index < -0.39 is 3.79 Å². The molecule has 1 aliphatic rings. The number of amides is 2. The SMILES string of the molecule is COC1=CC(=O)N(C(=O)CCCC(Cl)(Cl)Cl)C1CC(C)C. The highest BCUT2D eigenvalue weighted by Crippen LogP contribution is 2.32. The van der Waals surface area contributed by atoms with E-state index in [-0.39, 0.29) is 30.7 Å². The van der Waals surface area contributed by atoms with Crippen LogP contribution in [0.25, 0.3) is 0 Å². The summed E-state index contributed by atoms with van der Waals surface area (Å²) in [6.45, 7) is 4.06. The van der Waals surface area contributed by atoms with Crippen LogP contribution in [0.1, 0.15) is 39.5 Å². The molecule has 0 bridgehead atoms. The van der Waals surface area contributed by atoms with E-state index in [0.29, 0.717) is 24.5 Å². The average Bonchev–Trinajstić information content (AvgIpc) is 2.62. The summed E-state index contributed by atoms with van der Waals surface area (Å²) in [7, 11) is 1.50. The quantitative estimate of drug-likeness (QED) is 0.679.